The molecule has 0 radical (unpaired) electrons. The van der Waals surface area contributed by atoms with Gasteiger partial charge in [-0.15, -0.1) is 11.8 Å². The van der Waals surface area contributed by atoms with E-state index in [1.165, 1.54) is 23.1 Å². The standard InChI is InChI=1S/C22H19N3O2S2/c1-27-18-11-7-12-19-21(18)24-22(29-19)25(14-16-8-5-6-13-23-16)20(26)15-28-17-9-3-2-4-10-17/h2-13H,14-15H2,1H3. The van der Waals surface area contributed by atoms with Crippen LogP contribution in [0.25, 0.3) is 10.2 Å². The summed E-state index contributed by atoms with van der Waals surface area (Å²) < 4.78 is 6.41. The summed E-state index contributed by atoms with van der Waals surface area (Å²) in [5.41, 5.74) is 1.58. The summed E-state index contributed by atoms with van der Waals surface area (Å²) in [6, 6.07) is 21.4. The van der Waals surface area contributed by atoms with Crippen LogP contribution in [0, 0.1) is 0 Å². The van der Waals surface area contributed by atoms with E-state index in [1.807, 2.05) is 66.7 Å². The Balaban J connectivity index is 1.63. The van der Waals surface area contributed by atoms with Crippen molar-refractivity contribution >= 4 is 44.4 Å². The number of methoxy groups -OCH3 is 1. The van der Waals surface area contributed by atoms with Gasteiger partial charge in [-0.3, -0.25) is 14.7 Å². The number of para-hydroxylation sites is 1. The van der Waals surface area contributed by atoms with Crippen molar-refractivity contribution < 1.29 is 9.53 Å². The minimum atomic E-state index is -0.0115. The second kappa shape index (κ2) is 9.07. The third kappa shape index (κ3) is 4.58. The number of thiazole rings is 1. The number of hydrogen-bond acceptors (Lipinski definition) is 6. The van der Waals surface area contributed by atoms with Gasteiger partial charge < -0.3 is 4.74 Å². The van der Waals surface area contributed by atoms with Crippen LogP contribution in [0.2, 0.25) is 0 Å². The van der Waals surface area contributed by atoms with Crippen molar-refractivity contribution in [2.24, 2.45) is 0 Å². The van der Waals surface area contributed by atoms with Crippen LogP contribution in [0.15, 0.2) is 77.8 Å². The number of fused-ring (bicyclic) bond motifs is 1. The van der Waals surface area contributed by atoms with Crippen LogP contribution in [0.3, 0.4) is 0 Å². The second-order valence-electron chi connectivity index (χ2n) is 6.21. The quantitative estimate of drug-likeness (QED) is 0.392. The lowest BCUT2D eigenvalue weighted by Gasteiger charge is -2.19. The summed E-state index contributed by atoms with van der Waals surface area (Å²) in [6.07, 6.45) is 1.73. The van der Waals surface area contributed by atoms with Crippen LogP contribution in [0.4, 0.5) is 5.13 Å². The molecule has 0 unspecified atom stereocenters. The van der Waals surface area contributed by atoms with Gasteiger partial charge in [0, 0.05) is 11.1 Å². The molecule has 7 heteroatoms. The van der Waals surface area contributed by atoms with E-state index in [0.29, 0.717) is 23.2 Å². The van der Waals surface area contributed by atoms with Gasteiger partial charge in [-0.1, -0.05) is 41.7 Å². The first-order valence-corrected chi connectivity index (χ1v) is 10.9. The second-order valence-corrected chi connectivity index (χ2v) is 8.26. The molecule has 1 amide bonds. The normalized spacial score (nSPS) is 10.8. The van der Waals surface area contributed by atoms with Crippen molar-refractivity contribution in [1.82, 2.24) is 9.97 Å². The van der Waals surface area contributed by atoms with Crippen molar-refractivity contribution in [1.29, 1.82) is 0 Å². The molecule has 2 aromatic heterocycles. The maximum atomic E-state index is 13.2. The van der Waals surface area contributed by atoms with Crippen LogP contribution >= 0.6 is 23.1 Å². The number of pyridine rings is 1. The first-order chi connectivity index (χ1) is 14.2. The molecule has 0 aliphatic carbocycles. The summed E-state index contributed by atoms with van der Waals surface area (Å²) in [7, 11) is 1.63. The minimum Gasteiger partial charge on any atom is -0.494 e. The molecule has 0 spiro atoms. The van der Waals surface area contributed by atoms with Crippen molar-refractivity contribution in [3.8, 4) is 5.75 Å². The van der Waals surface area contributed by atoms with Gasteiger partial charge in [-0.25, -0.2) is 4.98 Å². The SMILES string of the molecule is COc1cccc2sc(N(Cc3ccccn3)C(=O)CSc3ccccc3)nc12. The Bertz CT molecular complexity index is 1100. The first kappa shape index (κ1) is 19.4. The van der Waals surface area contributed by atoms with Gasteiger partial charge in [0.25, 0.3) is 0 Å². The Morgan fingerprint density at radius 2 is 1.90 bits per heavy atom. The lowest BCUT2D eigenvalue weighted by molar-refractivity contribution is -0.116. The molecule has 0 aliphatic heterocycles. The number of carbonyl (C=O) groups excluding carboxylic acids is 1. The molecule has 0 atom stereocenters. The number of thioether (sulfide) groups is 1. The van der Waals surface area contributed by atoms with E-state index in [2.05, 4.69) is 4.98 Å². The third-order valence-corrected chi connectivity index (χ3v) is 6.31. The van der Waals surface area contributed by atoms with Crippen molar-refractivity contribution in [3.05, 3.63) is 78.6 Å². The third-order valence-electron chi connectivity index (χ3n) is 4.27. The zero-order chi connectivity index (χ0) is 20.1. The van der Waals surface area contributed by atoms with Gasteiger partial charge in [0.2, 0.25) is 5.91 Å². The molecule has 146 valence electrons. The van der Waals surface area contributed by atoms with E-state index in [0.717, 1.165) is 20.8 Å². The maximum absolute atomic E-state index is 13.2. The molecule has 0 aliphatic rings. The van der Waals surface area contributed by atoms with E-state index in [1.54, 1.807) is 18.2 Å². The van der Waals surface area contributed by atoms with Gasteiger partial charge in [0.15, 0.2) is 5.13 Å². The molecule has 2 heterocycles. The smallest absolute Gasteiger partial charge is 0.239 e. The molecule has 0 N–H and O–H groups in total. The van der Waals surface area contributed by atoms with Crippen molar-refractivity contribution in [2.75, 3.05) is 17.8 Å². The number of hydrogen-bond donors (Lipinski definition) is 0. The first-order valence-electron chi connectivity index (χ1n) is 9.06. The summed E-state index contributed by atoms with van der Waals surface area (Å²) in [5, 5.41) is 0.647. The predicted molar refractivity (Wildman–Crippen MR) is 119 cm³/mol. The molecule has 0 saturated heterocycles. The highest BCUT2D eigenvalue weighted by Gasteiger charge is 2.22. The Hall–Kier alpha value is -2.90. The number of anilines is 1. The van der Waals surface area contributed by atoms with Crippen LogP contribution in [0.1, 0.15) is 5.69 Å². The maximum Gasteiger partial charge on any atom is 0.239 e. The number of aromatic nitrogens is 2. The van der Waals surface area contributed by atoms with E-state index >= 15 is 0 Å². The van der Waals surface area contributed by atoms with Crippen molar-refractivity contribution in [3.63, 3.8) is 0 Å². The number of carbonyl (C=O) groups is 1. The fourth-order valence-corrected chi connectivity index (χ4v) is 4.64. The van der Waals surface area contributed by atoms with E-state index < -0.39 is 0 Å². The van der Waals surface area contributed by atoms with E-state index in [4.69, 9.17) is 9.72 Å². The predicted octanol–water partition coefficient (Wildman–Crippen LogP) is 5.03. The molecule has 5 nitrogen and oxygen atoms in total. The monoisotopic (exact) mass is 421 g/mol. The van der Waals surface area contributed by atoms with Crippen molar-refractivity contribution in [2.45, 2.75) is 11.4 Å². The highest BCUT2D eigenvalue weighted by atomic mass is 32.2. The summed E-state index contributed by atoms with van der Waals surface area (Å²) in [5.74, 6) is 1.01. The molecule has 0 bridgehead atoms. The number of nitrogens with zero attached hydrogens (tertiary/aromatic N) is 3. The molecule has 2 aromatic carbocycles. The molecular formula is C22H19N3O2S2. The fourth-order valence-electron chi connectivity index (χ4n) is 2.85. The van der Waals surface area contributed by atoms with Gasteiger partial charge in [-0.05, 0) is 36.4 Å². The van der Waals surface area contributed by atoms with Crippen LogP contribution in [-0.4, -0.2) is 28.7 Å². The number of benzene rings is 2. The Labute approximate surface area is 177 Å². The lowest BCUT2D eigenvalue weighted by atomic mass is 10.3. The van der Waals surface area contributed by atoms with Crippen LogP contribution < -0.4 is 9.64 Å². The van der Waals surface area contributed by atoms with Crippen LogP contribution in [0.5, 0.6) is 5.75 Å². The van der Waals surface area contributed by atoms with Gasteiger partial charge in [-0.2, -0.15) is 0 Å². The Kier molecular flexibility index (Phi) is 6.07. The number of rotatable bonds is 7. The molecule has 0 saturated carbocycles. The van der Waals surface area contributed by atoms with Gasteiger partial charge in [0.05, 0.1) is 29.8 Å². The summed E-state index contributed by atoms with van der Waals surface area (Å²) in [6.45, 7) is 0.372. The zero-order valence-corrected chi connectivity index (χ0v) is 17.5. The summed E-state index contributed by atoms with van der Waals surface area (Å²) >= 11 is 3.00. The topological polar surface area (TPSA) is 55.3 Å². The molecule has 29 heavy (non-hydrogen) atoms. The highest BCUT2D eigenvalue weighted by molar-refractivity contribution is 8.00. The fraction of sp³-hybridized carbons (Fsp3) is 0.136. The van der Waals surface area contributed by atoms with Crippen LogP contribution in [-0.2, 0) is 11.3 Å². The molecule has 4 aromatic rings. The molecule has 0 fully saturated rings. The number of ether oxygens (including phenoxy) is 1. The average Bonchev–Trinajstić information content (AvgIpc) is 3.21. The highest BCUT2D eigenvalue weighted by Crippen LogP contribution is 2.35. The summed E-state index contributed by atoms with van der Waals surface area (Å²) in [4.78, 5) is 25.0. The Morgan fingerprint density at radius 3 is 2.66 bits per heavy atom. The van der Waals surface area contributed by atoms with E-state index in [9.17, 15) is 4.79 Å². The molecule has 4 rings (SSSR count). The Morgan fingerprint density at radius 1 is 1.07 bits per heavy atom. The minimum absolute atomic E-state index is 0.0115. The van der Waals surface area contributed by atoms with Gasteiger partial charge >= 0.3 is 0 Å². The largest absolute Gasteiger partial charge is 0.494 e. The number of amides is 1. The van der Waals surface area contributed by atoms with E-state index in [-0.39, 0.29) is 5.91 Å². The molecular weight excluding hydrogens is 402 g/mol. The zero-order valence-electron chi connectivity index (χ0n) is 15.8. The lowest BCUT2D eigenvalue weighted by Crippen LogP contribution is -2.32. The average molecular weight is 422 g/mol. The van der Waals surface area contributed by atoms with Gasteiger partial charge in [0.1, 0.15) is 11.3 Å².